The number of aromatic amines is 1. The van der Waals surface area contributed by atoms with E-state index in [1.165, 1.54) is 11.3 Å². The summed E-state index contributed by atoms with van der Waals surface area (Å²) in [5.74, 6) is 0. The molecule has 3 rings (SSSR count). The summed E-state index contributed by atoms with van der Waals surface area (Å²) in [6, 6.07) is -0.349. The van der Waals surface area contributed by atoms with Crippen LogP contribution in [-0.4, -0.2) is 38.5 Å². The van der Waals surface area contributed by atoms with Crippen LogP contribution in [0.2, 0.25) is 0 Å². The van der Waals surface area contributed by atoms with Gasteiger partial charge in [-0.15, -0.1) is 11.3 Å². The van der Waals surface area contributed by atoms with Gasteiger partial charge in [-0.1, -0.05) is 19.3 Å². The molecule has 2 heterocycles. The van der Waals surface area contributed by atoms with E-state index in [0.29, 0.717) is 11.4 Å². The minimum Gasteiger partial charge on any atom is -0.388 e. The molecule has 0 aliphatic heterocycles. The first-order valence-electron chi connectivity index (χ1n) is 7.37. The second-order valence-corrected chi connectivity index (χ2v) is 6.48. The van der Waals surface area contributed by atoms with Crippen LogP contribution in [0.15, 0.2) is 17.8 Å². The molecular weight excluding hydrogens is 302 g/mol. The molecule has 1 aliphatic rings. The Morgan fingerprint density at radius 3 is 2.95 bits per heavy atom. The van der Waals surface area contributed by atoms with E-state index in [-0.39, 0.29) is 12.6 Å². The van der Waals surface area contributed by atoms with Gasteiger partial charge in [-0.3, -0.25) is 5.10 Å². The maximum Gasteiger partial charge on any atom is 0.319 e. The first kappa shape index (κ1) is 15.0. The highest BCUT2D eigenvalue weighted by molar-refractivity contribution is 7.13. The summed E-state index contributed by atoms with van der Waals surface area (Å²) in [6.07, 6.45) is 7.90. The van der Waals surface area contributed by atoms with Crippen LogP contribution in [0.25, 0.3) is 10.7 Å². The van der Waals surface area contributed by atoms with Crippen molar-refractivity contribution in [1.29, 1.82) is 0 Å². The standard InChI is InChI=1S/C14H19N5O2S/c20-13(16-9-14(21)4-2-1-3-5-14)18-10-8-17-19-11(10)12-15-6-7-22-12/h6-8,21H,1-5,9H2,(H,17,19)(H2,16,18,20). The van der Waals surface area contributed by atoms with Gasteiger partial charge in [-0.25, -0.2) is 9.78 Å². The van der Waals surface area contributed by atoms with E-state index in [2.05, 4.69) is 25.8 Å². The molecule has 7 nitrogen and oxygen atoms in total. The molecule has 0 aromatic carbocycles. The van der Waals surface area contributed by atoms with Crippen molar-refractivity contribution < 1.29 is 9.90 Å². The van der Waals surface area contributed by atoms with Crippen LogP contribution in [0.1, 0.15) is 32.1 Å². The Hall–Kier alpha value is -1.93. The van der Waals surface area contributed by atoms with Crippen molar-refractivity contribution in [3.8, 4) is 10.7 Å². The topological polar surface area (TPSA) is 103 Å². The van der Waals surface area contributed by atoms with Gasteiger partial charge < -0.3 is 15.7 Å². The molecule has 1 fully saturated rings. The molecule has 0 spiro atoms. The van der Waals surface area contributed by atoms with Crippen molar-refractivity contribution in [1.82, 2.24) is 20.5 Å². The van der Waals surface area contributed by atoms with E-state index in [1.54, 1.807) is 12.4 Å². The second kappa shape index (κ2) is 6.45. The van der Waals surface area contributed by atoms with Gasteiger partial charge in [0, 0.05) is 18.1 Å². The van der Waals surface area contributed by atoms with Gasteiger partial charge >= 0.3 is 6.03 Å². The summed E-state index contributed by atoms with van der Waals surface area (Å²) in [5, 5.41) is 25.3. The molecule has 0 bridgehead atoms. The monoisotopic (exact) mass is 321 g/mol. The Morgan fingerprint density at radius 1 is 1.41 bits per heavy atom. The van der Waals surface area contributed by atoms with Gasteiger partial charge in [0.25, 0.3) is 0 Å². The zero-order valence-electron chi connectivity index (χ0n) is 12.1. The first-order valence-corrected chi connectivity index (χ1v) is 8.25. The number of aliphatic hydroxyl groups is 1. The lowest BCUT2D eigenvalue weighted by Crippen LogP contribution is -2.45. The van der Waals surface area contributed by atoms with E-state index in [0.717, 1.165) is 37.1 Å². The Balaban J connectivity index is 1.57. The lowest BCUT2D eigenvalue weighted by atomic mass is 9.85. The molecule has 8 heteroatoms. The molecule has 0 saturated heterocycles. The molecule has 0 unspecified atom stereocenters. The number of aromatic nitrogens is 3. The predicted octanol–water partition coefficient (Wildman–Crippen LogP) is 2.35. The summed E-state index contributed by atoms with van der Waals surface area (Å²) in [4.78, 5) is 16.2. The zero-order chi connectivity index (χ0) is 15.4. The summed E-state index contributed by atoms with van der Waals surface area (Å²) in [6.45, 7) is 0.267. The molecule has 22 heavy (non-hydrogen) atoms. The SMILES string of the molecule is O=C(NCC1(O)CCCCC1)Nc1cn[nH]c1-c1nccs1. The van der Waals surface area contributed by atoms with Crippen molar-refractivity contribution in [2.24, 2.45) is 0 Å². The molecule has 118 valence electrons. The highest BCUT2D eigenvalue weighted by Gasteiger charge is 2.29. The normalized spacial score (nSPS) is 17.1. The van der Waals surface area contributed by atoms with Gasteiger partial charge in [0.15, 0.2) is 0 Å². The number of carbonyl (C=O) groups excluding carboxylic acids is 1. The average Bonchev–Trinajstić information content (AvgIpc) is 3.17. The molecule has 1 saturated carbocycles. The number of nitrogens with one attached hydrogen (secondary N) is 3. The summed E-state index contributed by atoms with van der Waals surface area (Å²) >= 11 is 1.46. The zero-order valence-corrected chi connectivity index (χ0v) is 12.9. The van der Waals surface area contributed by atoms with Gasteiger partial charge in [0.1, 0.15) is 10.7 Å². The van der Waals surface area contributed by atoms with Gasteiger partial charge in [0.2, 0.25) is 0 Å². The van der Waals surface area contributed by atoms with E-state index in [4.69, 9.17) is 0 Å². The summed E-state index contributed by atoms with van der Waals surface area (Å²) in [7, 11) is 0. The number of H-pyrrole nitrogens is 1. The van der Waals surface area contributed by atoms with Crippen molar-refractivity contribution >= 4 is 23.1 Å². The smallest absolute Gasteiger partial charge is 0.319 e. The van der Waals surface area contributed by atoms with Crippen LogP contribution >= 0.6 is 11.3 Å². The molecule has 0 atom stereocenters. The molecule has 2 aromatic rings. The maximum atomic E-state index is 12.0. The number of anilines is 1. The minimum absolute atomic E-state index is 0.267. The highest BCUT2D eigenvalue weighted by atomic mass is 32.1. The van der Waals surface area contributed by atoms with E-state index < -0.39 is 5.60 Å². The molecular formula is C14H19N5O2S. The van der Waals surface area contributed by atoms with E-state index >= 15 is 0 Å². The molecule has 4 N–H and O–H groups in total. The number of rotatable bonds is 4. The number of amides is 2. The lowest BCUT2D eigenvalue weighted by Gasteiger charge is -2.32. The predicted molar refractivity (Wildman–Crippen MR) is 84.8 cm³/mol. The number of nitrogens with zero attached hydrogens (tertiary/aromatic N) is 2. The number of thiazole rings is 1. The minimum atomic E-state index is -0.774. The van der Waals surface area contributed by atoms with Crippen molar-refractivity contribution in [3.63, 3.8) is 0 Å². The third-order valence-electron chi connectivity index (χ3n) is 3.90. The average molecular weight is 321 g/mol. The third-order valence-corrected chi connectivity index (χ3v) is 4.69. The fraction of sp³-hybridized carbons (Fsp3) is 0.500. The Bertz CT molecular complexity index is 619. The molecule has 2 aromatic heterocycles. The van der Waals surface area contributed by atoms with E-state index in [1.807, 2.05) is 5.38 Å². The van der Waals surface area contributed by atoms with Crippen LogP contribution in [0.3, 0.4) is 0 Å². The fourth-order valence-electron chi connectivity index (χ4n) is 2.69. The third kappa shape index (κ3) is 3.45. The number of urea groups is 1. The maximum absolute atomic E-state index is 12.0. The van der Waals surface area contributed by atoms with Crippen LogP contribution in [-0.2, 0) is 0 Å². The molecule has 0 radical (unpaired) electrons. The number of hydrogen-bond donors (Lipinski definition) is 4. The van der Waals surface area contributed by atoms with Gasteiger partial charge in [-0.2, -0.15) is 5.10 Å². The van der Waals surface area contributed by atoms with Crippen LogP contribution in [0.5, 0.6) is 0 Å². The Labute approximate surface area is 132 Å². The Morgan fingerprint density at radius 2 is 2.23 bits per heavy atom. The second-order valence-electron chi connectivity index (χ2n) is 5.59. The van der Waals surface area contributed by atoms with E-state index in [9.17, 15) is 9.90 Å². The quantitative estimate of drug-likeness (QED) is 0.694. The summed E-state index contributed by atoms with van der Waals surface area (Å²) < 4.78 is 0. The van der Waals surface area contributed by atoms with Crippen LogP contribution in [0, 0.1) is 0 Å². The fourth-order valence-corrected chi connectivity index (χ4v) is 3.33. The van der Waals surface area contributed by atoms with Gasteiger partial charge in [0.05, 0.1) is 17.5 Å². The molecule has 1 aliphatic carbocycles. The van der Waals surface area contributed by atoms with Crippen molar-refractivity contribution in [2.75, 3.05) is 11.9 Å². The Kier molecular flexibility index (Phi) is 4.39. The molecule has 2 amide bonds. The first-order chi connectivity index (χ1) is 10.7. The highest BCUT2D eigenvalue weighted by Crippen LogP contribution is 2.28. The van der Waals surface area contributed by atoms with Gasteiger partial charge in [-0.05, 0) is 12.8 Å². The van der Waals surface area contributed by atoms with Crippen molar-refractivity contribution in [2.45, 2.75) is 37.7 Å². The number of hydrogen-bond acceptors (Lipinski definition) is 5. The van der Waals surface area contributed by atoms with Crippen molar-refractivity contribution in [3.05, 3.63) is 17.8 Å². The number of carbonyl (C=O) groups is 1. The van der Waals surface area contributed by atoms with Crippen LogP contribution < -0.4 is 10.6 Å². The van der Waals surface area contributed by atoms with Crippen LogP contribution in [0.4, 0.5) is 10.5 Å². The lowest BCUT2D eigenvalue weighted by molar-refractivity contribution is 0.00755. The largest absolute Gasteiger partial charge is 0.388 e. The summed E-state index contributed by atoms with van der Waals surface area (Å²) in [5.41, 5.74) is 0.481.